The Morgan fingerprint density at radius 3 is 2.08 bits per heavy atom. The van der Waals surface area contributed by atoms with E-state index in [0.29, 0.717) is 31.2 Å². The molecule has 0 aliphatic rings. The van der Waals surface area contributed by atoms with Crippen LogP contribution in [-0.4, -0.2) is 31.5 Å². The Labute approximate surface area is 152 Å². The maximum Gasteiger partial charge on any atom is 0.416 e. The van der Waals surface area contributed by atoms with Crippen LogP contribution in [0.5, 0.6) is 0 Å². The van der Waals surface area contributed by atoms with E-state index >= 15 is 0 Å². The summed E-state index contributed by atoms with van der Waals surface area (Å²) in [5, 5.41) is 8.95. The molecule has 0 atom stereocenters. The number of rotatable bonds is 7. The molecule has 0 radical (unpaired) electrons. The molecule has 0 bridgehead atoms. The number of nitrogens with one attached hydrogen (secondary N) is 3. The molecule has 3 N–H and O–H groups in total. The average molecular weight is 372 g/mol. The number of halogens is 3. The molecule has 0 aromatic heterocycles. The molecule has 0 fully saturated rings. The first kappa shape index (κ1) is 21.8. The lowest BCUT2D eigenvalue weighted by Gasteiger charge is -2.24. The van der Waals surface area contributed by atoms with E-state index in [2.05, 4.69) is 20.9 Å². The first-order chi connectivity index (χ1) is 12.1. The molecule has 1 rings (SSSR count). The molecule has 0 saturated heterocycles. The number of carbonyl (C=O) groups excluding carboxylic acids is 1. The third-order valence-corrected chi connectivity index (χ3v) is 3.70. The van der Waals surface area contributed by atoms with Gasteiger partial charge in [-0.2, -0.15) is 13.2 Å². The monoisotopic (exact) mass is 372 g/mol. The summed E-state index contributed by atoms with van der Waals surface area (Å²) < 4.78 is 37.8. The third kappa shape index (κ3) is 6.93. The van der Waals surface area contributed by atoms with Crippen LogP contribution < -0.4 is 16.0 Å². The minimum atomic E-state index is -4.34. The van der Waals surface area contributed by atoms with E-state index in [0.717, 1.165) is 12.1 Å². The van der Waals surface area contributed by atoms with Gasteiger partial charge >= 0.3 is 6.18 Å². The van der Waals surface area contributed by atoms with Gasteiger partial charge in [0.1, 0.15) is 0 Å². The van der Waals surface area contributed by atoms with E-state index in [4.69, 9.17) is 0 Å². The molecule has 0 saturated carbocycles. The Morgan fingerprint density at radius 1 is 1.00 bits per heavy atom. The standard InChI is InChI=1S/C18H27F3N4O/c1-5-22-15(26)17(3,4)12-25-16(23-6-2)24-11-13-7-9-14(10-8-13)18(19,20)21/h7-10H,5-6,11-12H2,1-4H3,(H,22,26)(H2,23,24,25). The van der Waals surface area contributed by atoms with E-state index in [1.165, 1.54) is 12.1 Å². The number of aliphatic imine (C=N–C) groups is 1. The first-order valence-corrected chi connectivity index (χ1v) is 8.56. The number of carbonyl (C=O) groups is 1. The highest BCUT2D eigenvalue weighted by Gasteiger charge is 2.30. The van der Waals surface area contributed by atoms with Gasteiger partial charge in [0.25, 0.3) is 0 Å². The van der Waals surface area contributed by atoms with Crippen molar-refractivity contribution in [3.8, 4) is 0 Å². The molecule has 5 nitrogen and oxygen atoms in total. The highest BCUT2D eigenvalue weighted by molar-refractivity contribution is 5.84. The van der Waals surface area contributed by atoms with Gasteiger partial charge in [-0.25, -0.2) is 4.99 Å². The first-order valence-electron chi connectivity index (χ1n) is 8.56. The molecule has 8 heteroatoms. The van der Waals surface area contributed by atoms with Gasteiger partial charge in [-0.05, 0) is 45.4 Å². The van der Waals surface area contributed by atoms with Crippen LogP contribution in [0.4, 0.5) is 13.2 Å². The van der Waals surface area contributed by atoms with Gasteiger partial charge in [0.15, 0.2) is 5.96 Å². The molecule has 1 amide bonds. The van der Waals surface area contributed by atoms with Gasteiger partial charge in [0.05, 0.1) is 17.5 Å². The molecule has 0 heterocycles. The number of guanidine groups is 1. The number of alkyl halides is 3. The zero-order chi connectivity index (χ0) is 19.8. The molecule has 1 aromatic rings. The summed E-state index contributed by atoms with van der Waals surface area (Å²) in [6.07, 6.45) is -4.34. The Balaban J connectivity index is 2.73. The van der Waals surface area contributed by atoms with Crippen LogP contribution in [-0.2, 0) is 17.5 Å². The summed E-state index contributed by atoms with van der Waals surface area (Å²) in [7, 11) is 0. The highest BCUT2D eigenvalue weighted by Crippen LogP contribution is 2.29. The van der Waals surface area contributed by atoms with E-state index in [9.17, 15) is 18.0 Å². The van der Waals surface area contributed by atoms with E-state index < -0.39 is 17.2 Å². The molecule has 0 aliphatic heterocycles. The number of nitrogens with zero attached hydrogens (tertiary/aromatic N) is 1. The number of benzene rings is 1. The second kappa shape index (κ2) is 9.45. The number of hydrogen-bond donors (Lipinski definition) is 3. The smallest absolute Gasteiger partial charge is 0.357 e. The van der Waals surface area contributed by atoms with Crippen LogP contribution in [0.1, 0.15) is 38.8 Å². The van der Waals surface area contributed by atoms with Crippen LogP contribution in [0.2, 0.25) is 0 Å². The maximum absolute atomic E-state index is 12.6. The van der Waals surface area contributed by atoms with Crippen molar-refractivity contribution in [2.24, 2.45) is 10.4 Å². The topological polar surface area (TPSA) is 65.5 Å². The summed E-state index contributed by atoms with van der Waals surface area (Å²) in [6.45, 7) is 9.20. The van der Waals surface area contributed by atoms with Gasteiger partial charge in [-0.3, -0.25) is 4.79 Å². The zero-order valence-electron chi connectivity index (χ0n) is 15.6. The lowest BCUT2D eigenvalue weighted by atomic mass is 9.92. The number of hydrogen-bond acceptors (Lipinski definition) is 2. The van der Waals surface area contributed by atoms with Crippen molar-refractivity contribution < 1.29 is 18.0 Å². The predicted octanol–water partition coefficient (Wildman–Crippen LogP) is 2.92. The van der Waals surface area contributed by atoms with E-state index in [-0.39, 0.29) is 12.5 Å². The Kier molecular flexibility index (Phi) is 7.92. The van der Waals surface area contributed by atoms with Crippen LogP contribution >= 0.6 is 0 Å². The largest absolute Gasteiger partial charge is 0.416 e. The SMILES string of the molecule is CCNC(=O)C(C)(C)CNC(=NCc1ccc(C(F)(F)F)cc1)NCC. The van der Waals surface area contributed by atoms with Gasteiger partial charge < -0.3 is 16.0 Å². The molecule has 146 valence electrons. The Bertz CT molecular complexity index is 610. The van der Waals surface area contributed by atoms with E-state index in [1.54, 1.807) is 0 Å². The van der Waals surface area contributed by atoms with Crippen molar-refractivity contribution in [1.82, 2.24) is 16.0 Å². The van der Waals surface area contributed by atoms with Crippen molar-refractivity contribution in [3.05, 3.63) is 35.4 Å². The van der Waals surface area contributed by atoms with Crippen LogP contribution in [0.15, 0.2) is 29.3 Å². The van der Waals surface area contributed by atoms with Crippen LogP contribution in [0.25, 0.3) is 0 Å². The van der Waals surface area contributed by atoms with Crippen molar-refractivity contribution in [2.45, 2.75) is 40.4 Å². The predicted molar refractivity (Wildman–Crippen MR) is 96.7 cm³/mol. The summed E-state index contributed by atoms with van der Waals surface area (Å²) >= 11 is 0. The minimum Gasteiger partial charge on any atom is -0.357 e. The Hall–Kier alpha value is -2.25. The molecule has 26 heavy (non-hydrogen) atoms. The van der Waals surface area contributed by atoms with Gasteiger partial charge in [-0.1, -0.05) is 12.1 Å². The molecular formula is C18H27F3N4O. The summed E-state index contributed by atoms with van der Waals surface area (Å²) in [4.78, 5) is 16.4. The quantitative estimate of drug-likeness (QED) is 0.509. The molecular weight excluding hydrogens is 345 g/mol. The van der Waals surface area contributed by atoms with Gasteiger partial charge in [-0.15, -0.1) is 0 Å². The molecule has 0 spiro atoms. The molecule has 0 unspecified atom stereocenters. The zero-order valence-corrected chi connectivity index (χ0v) is 15.6. The summed E-state index contributed by atoms with van der Waals surface area (Å²) in [6, 6.07) is 4.91. The van der Waals surface area contributed by atoms with Gasteiger partial charge in [0, 0.05) is 19.6 Å². The fourth-order valence-corrected chi connectivity index (χ4v) is 2.10. The fraction of sp³-hybridized carbons (Fsp3) is 0.556. The summed E-state index contributed by atoms with van der Waals surface area (Å²) in [5.74, 6) is 0.441. The van der Waals surface area contributed by atoms with E-state index in [1.807, 2.05) is 27.7 Å². The third-order valence-electron chi connectivity index (χ3n) is 3.70. The molecule has 0 aliphatic carbocycles. The van der Waals surface area contributed by atoms with Crippen molar-refractivity contribution in [1.29, 1.82) is 0 Å². The maximum atomic E-state index is 12.6. The van der Waals surface area contributed by atoms with Crippen molar-refractivity contribution in [2.75, 3.05) is 19.6 Å². The lowest BCUT2D eigenvalue weighted by Crippen LogP contribution is -2.47. The van der Waals surface area contributed by atoms with Crippen LogP contribution in [0, 0.1) is 5.41 Å². The lowest BCUT2D eigenvalue weighted by molar-refractivity contribution is -0.137. The normalized spacial score (nSPS) is 12.7. The van der Waals surface area contributed by atoms with Crippen molar-refractivity contribution in [3.63, 3.8) is 0 Å². The second-order valence-corrected chi connectivity index (χ2v) is 6.49. The van der Waals surface area contributed by atoms with Crippen LogP contribution in [0.3, 0.4) is 0 Å². The average Bonchev–Trinajstić information content (AvgIpc) is 2.57. The second-order valence-electron chi connectivity index (χ2n) is 6.49. The number of amides is 1. The minimum absolute atomic E-state index is 0.0638. The molecule has 1 aromatic carbocycles. The summed E-state index contributed by atoms with van der Waals surface area (Å²) in [5.41, 5.74) is -0.641. The fourth-order valence-electron chi connectivity index (χ4n) is 2.10. The van der Waals surface area contributed by atoms with Crippen molar-refractivity contribution >= 4 is 11.9 Å². The Morgan fingerprint density at radius 2 is 1.58 bits per heavy atom. The van der Waals surface area contributed by atoms with Gasteiger partial charge in [0.2, 0.25) is 5.91 Å². The highest BCUT2D eigenvalue weighted by atomic mass is 19.4.